The zero-order valence-corrected chi connectivity index (χ0v) is 13.1. The average molecular weight is 289 g/mol. The van der Waals surface area contributed by atoms with Crippen LogP contribution in [-0.2, 0) is 0 Å². The van der Waals surface area contributed by atoms with Crippen molar-refractivity contribution >= 4 is 0 Å². The molecule has 1 aromatic heterocycles. The molecule has 1 N–H and O–H groups in total. The highest BCUT2D eigenvalue weighted by Gasteiger charge is 2.18. The van der Waals surface area contributed by atoms with Crippen molar-refractivity contribution in [3.05, 3.63) is 47.9 Å². The third-order valence-corrected chi connectivity index (χ3v) is 3.65. The first-order valence-corrected chi connectivity index (χ1v) is 7.21. The first-order valence-electron chi connectivity index (χ1n) is 7.21. The number of benzene rings is 1. The molecule has 1 heterocycles. The lowest BCUT2D eigenvalue weighted by molar-refractivity contribution is 0.359. The van der Waals surface area contributed by atoms with Crippen molar-refractivity contribution in [1.82, 2.24) is 5.32 Å². The van der Waals surface area contributed by atoms with Gasteiger partial charge >= 0.3 is 0 Å². The molecule has 0 amide bonds. The molecule has 4 nitrogen and oxygen atoms in total. The Kier molecular flexibility index (Phi) is 5.28. The Morgan fingerprint density at radius 2 is 2.00 bits per heavy atom. The van der Waals surface area contributed by atoms with Gasteiger partial charge in [-0.15, -0.1) is 0 Å². The van der Waals surface area contributed by atoms with Gasteiger partial charge in [-0.3, -0.25) is 0 Å². The summed E-state index contributed by atoms with van der Waals surface area (Å²) in [6.45, 7) is 4.26. The molecule has 2 unspecified atom stereocenters. The summed E-state index contributed by atoms with van der Waals surface area (Å²) in [5.74, 6) is 2.57. The molecule has 0 saturated heterocycles. The number of nitrogens with one attached hydrogen (secondary N) is 1. The van der Waals surface area contributed by atoms with Crippen molar-refractivity contribution in [2.45, 2.75) is 32.4 Å². The molecular weight excluding hydrogens is 266 g/mol. The van der Waals surface area contributed by atoms with E-state index in [0.717, 1.165) is 29.2 Å². The van der Waals surface area contributed by atoms with Gasteiger partial charge in [-0.05, 0) is 31.5 Å². The highest BCUT2D eigenvalue weighted by molar-refractivity contribution is 5.42. The summed E-state index contributed by atoms with van der Waals surface area (Å²) >= 11 is 0. The van der Waals surface area contributed by atoms with Crippen molar-refractivity contribution in [1.29, 1.82) is 0 Å². The van der Waals surface area contributed by atoms with Gasteiger partial charge in [0, 0.05) is 17.7 Å². The largest absolute Gasteiger partial charge is 0.497 e. The lowest BCUT2D eigenvalue weighted by Gasteiger charge is -2.23. The maximum Gasteiger partial charge on any atom is 0.127 e. The molecular formula is C17H23NO3. The van der Waals surface area contributed by atoms with Crippen molar-refractivity contribution in [3.8, 4) is 11.5 Å². The maximum absolute atomic E-state index is 5.50. The quantitative estimate of drug-likeness (QED) is 0.833. The fourth-order valence-electron chi connectivity index (χ4n) is 2.46. The van der Waals surface area contributed by atoms with Crippen LogP contribution in [0.25, 0.3) is 0 Å². The first-order chi connectivity index (χ1) is 10.2. The standard InChI is InChI=1S/C17H23NO3/c1-5-15(16-7-6-10-21-16)18-12(2)14-9-8-13(19-3)11-17(14)20-4/h6-12,15,18H,5H2,1-4H3. The summed E-state index contributed by atoms with van der Waals surface area (Å²) in [7, 11) is 3.33. The van der Waals surface area contributed by atoms with Crippen LogP contribution in [0.4, 0.5) is 0 Å². The van der Waals surface area contributed by atoms with Crippen LogP contribution in [0.5, 0.6) is 11.5 Å². The van der Waals surface area contributed by atoms with E-state index in [0.29, 0.717) is 0 Å². The predicted molar refractivity (Wildman–Crippen MR) is 82.8 cm³/mol. The molecule has 0 fully saturated rings. The summed E-state index contributed by atoms with van der Waals surface area (Å²) in [6, 6.07) is 10.1. The Balaban J connectivity index is 2.17. The van der Waals surface area contributed by atoms with E-state index >= 15 is 0 Å². The maximum atomic E-state index is 5.50. The summed E-state index contributed by atoms with van der Waals surface area (Å²) in [4.78, 5) is 0. The monoisotopic (exact) mass is 289 g/mol. The second kappa shape index (κ2) is 7.18. The fraction of sp³-hybridized carbons (Fsp3) is 0.412. The Hall–Kier alpha value is -1.94. The zero-order valence-electron chi connectivity index (χ0n) is 13.1. The van der Waals surface area contributed by atoms with Gasteiger partial charge in [0.25, 0.3) is 0 Å². The summed E-state index contributed by atoms with van der Waals surface area (Å²) in [6.07, 6.45) is 2.66. The van der Waals surface area contributed by atoms with Crippen molar-refractivity contribution in [2.24, 2.45) is 0 Å². The van der Waals surface area contributed by atoms with Crippen molar-refractivity contribution in [2.75, 3.05) is 14.2 Å². The second-order valence-corrected chi connectivity index (χ2v) is 4.97. The lowest BCUT2D eigenvalue weighted by Crippen LogP contribution is -2.24. The zero-order chi connectivity index (χ0) is 15.2. The van der Waals surface area contributed by atoms with E-state index in [-0.39, 0.29) is 12.1 Å². The van der Waals surface area contributed by atoms with E-state index < -0.39 is 0 Å². The van der Waals surface area contributed by atoms with E-state index in [9.17, 15) is 0 Å². The molecule has 21 heavy (non-hydrogen) atoms. The number of furan rings is 1. The minimum Gasteiger partial charge on any atom is -0.497 e. The van der Waals surface area contributed by atoms with Crippen LogP contribution in [0.2, 0.25) is 0 Å². The Labute approximate surface area is 126 Å². The molecule has 114 valence electrons. The van der Waals surface area contributed by atoms with E-state index in [4.69, 9.17) is 13.9 Å². The Morgan fingerprint density at radius 1 is 1.19 bits per heavy atom. The normalized spacial score (nSPS) is 13.7. The van der Waals surface area contributed by atoms with Gasteiger partial charge in [0.05, 0.1) is 26.5 Å². The molecule has 0 aliphatic heterocycles. The van der Waals surface area contributed by atoms with Crippen LogP contribution >= 0.6 is 0 Å². The number of methoxy groups -OCH3 is 2. The topological polar surface area (TPSA) is 43.6 Å². The van der Waals surface area contributed by atoms with E-state index in [2.05, 4.69) is 19.2 Å². The molecule has 2 rings (SSSR count). The minimum atomic E-state index is 0.140. The van der Waals surface area contributed by atoms with Gasteiger partial charge in [0.15, 0.2) is 0 Å². The molecule has 0 radical (unpaired) electrons. The molecule has 0 aliphatic carbocycles. The van der Waals surface area contributed by atoms with Gasteiger partial charge < -0.3 is 19.2 Å². The molecule has 0 spiro atoms. The minimum absolute atomic E-state index is 0.140. The predicted octanol–water partition coefficient (Wildman–Crippen LogP) is 4.10. The second-order valence-electron chi connectivity index (χ2n) is 4.97. The van der Waals surface area contributed by atoms with E-state index in [1.54, 1.807) is 20.5 Å². The SMILES string of the molecule is CCC(NC(C)c1ccc(OC)cc1OC)c1ccco1. The van der Waals surface area contributed by atoms with Crippen LogP contribution < -0.4 is 14.8 Å². The fourth-order valence-corrected chi connectivity index (χ4v) is 2.46. The van der Waals surface area contributed by atoms with Crippen LogP contribution in [-0.4, -0.2) is 14.2 Å². The van der Waals surface area contributed by atoms with Gasteiger partial charge in [-0.2, -0.15) is 0 Å². The highest BCUT2D eigenvalue weighted by Crippen LogP contribution is 2.31. The van der Waals surface area contributed by atoms with Gasteiger partial charge in [0.2, 0.25) is 0 Å². The molecule has 0 aliphatic rings. The van der Waals surface area contributed by atoms with Crippen LogP contribution in [0, 0.1) is 0 Å². The third kappa shape index (κ3) is 3.58. The molecule has 2 aromatic rings. The Bertz CT molecular complexity index is 551. The molecule has 2 atom stereocenters. The van der Waals surface area contributed by atoms with Crippen molar-refractivity contribution < 1.29 is 13.9 Å². The summed E-state index contributed by atoms with van der Waals surface area (Å²) < 4.78 is 16.2. The number of rotatable bonds is 7. The summed E-state index contributed by atoms with van der Waals surface area (Å²) in [5, 5.41) is 3.58. The van der Waals surface area contributed by atoms with E-state index in [1.165, 1.54) is 0 Å². The van der Waals surface area contributed by atoms with E-state index in [1.807, 2.05) is 30.3 Å². The Morgan fingerprint density at radius 3 is 2.57 bits per heavy atom. The van der Waals surface area contributed by atoms with Gasteiger partial charge in [-0.1, -0.05) is 13.0 Å². The van der Waals surface area contributed by atoms with Gasteiger partial charge in [0.1, 0.15) is 17.3 Å². The molecule has 0 bridgehead atoms. The van der Waals surface area contributed by atoms with Crippen LogP contribution in [0.3, 0.4) is 0 Å². The third-order valence-electron chi connectivity index (χ3n) is 3.65. The van der Waals surface area contributed by atoms with Crippen LogP contribution in [0.1, 0.15) is 43.7 Å². The van der Waals surface area contributed by atoms with Gasteiger partial charge in [-0.25, -0.2) is 0 Å². The molecule has 1 aromatic carbocycles. The van der Waals surface area contributed by atoms with Crippen LogP contribution in [0.15, 0.2) is 41.0 Å². The molecule has 0 saturated carbocycles. The molecule has 4 heteroatoms. The summed E-state index contributed by atoms with van der Waals surface area (Å²) in [5.41, 5.74) is 1.10. The number of hydrogen-bond donors (Lipinski definition) is 1. The number of hydrogen-bond acceptors (Lipinski definition) is 4. The van der Waals surface area contributed by atoms with Crippen molar-refractivity contribution in [3.63, 3.8) is 0 Å². The number of ether oxygens (including phenoxy) is 2. The smallest absolute Gasteiger partial charge is 0.127 e. The first kappa shape index (κ1) is 15.4. The highest BCUT2D eigenvalue weighted by atomic mass is 16.5. The lowest BCUT2D eigenvalue weighted by atomic mass is 10.0. The average Bonchev–Trinajstić information content (AvgIpc) is 3.05.